The molecule has 25 heavy (non-hydrogen) atoms. The van der Waals surface area contributed by atoms with Crippen molar-refractivity contribution in [3.63, 3.8) is 0 Å². The van der Waals surface area contributed by atoms with Gasteiger partial charge in [0, 0.05) is 10.6 Å². The van der Waals surface area contributed by atoms with E-state index in [4.69, 9.17) is 21.1 Å². The molecule has 2 aromatic carbocycles. The molecule has 6 nitrogen and oxygen atoms in total. The molecule has 0 aromatic heterocycles. The van der Waals surface area contributed by atoms with Crippen molar-refractivity contribution in [2.75, 3.05) is 13.2 Å². The van der Waals surface area contributed by atoms with Crippen molar-refractivity contribution >= 4 is 23.4 Å². The monoisotopic (exact) mass is 362 g/mol. The highest BCUT2D eigenvalue weighted by Gasteiger charge is 2.10. The Balaban J connectivity index is 1.82. The number of carbonyl (C=O) groups excluding carboxylic acids is 2. The van der Waals surface area contributed by atoms with Gasteiger partial charge in [0.05, 0.1) is 6.61 Å². The van der Waals surface area contributed by atoms with Crippen molar-refractivity contribution in [2.24, 2.45) is 0 Å². The van der Waals surface area contributed by atoms with Gasteiger partial charge in [-0.25, -0.2) is 0 Å². The minimum absolute atomic E-state index is 0.262. The zero-order valence-corrected chi connectivity index (χ0v) is 14.5. The van der Waals surface area contributed by atoms with Gasteiger partial charge in [-0.2, -0.15) is 0 Å². The van der Waals surface area contributed by atoms with Crippen LogP contribution in [0.2, 0.25) is 5.02 Å². The Morgan fingerprint density at radius 1 is 1.00 bits per heavy atom. The van der Waals surface area contributed by atoms with E-state index in [1.807, 2.05) is 13.0 Å². The van der Waals surface area contributed by atoms with E-state index in [2.05, 4.69) is 10.9 Å². The fourth-order valence-electron chi connectivity index (χ4n) is 1.91. The number of carbonyl (C=O) groups is 2. The summed E-state index contributed by atoms with van der Waals surface area (Å²) in [6.45, 7) is 2.30. The molecular weight excluding hydrogens is 344 g/mol. The van der Waals surface area contributed by atoms with Crippen LogP contribution in [0.15, 0.2) is 48.5 Å². The SMILES string of the molecule is CCCOc1ccccc1OCC(=O)NNC(=O)c1cccc(Cl)c1. The zero-order valence-electron chi connectivity index (χ0n) is 13.8. The third kappa shape index (κ3) is 6.00. The van der Waals surface area contributed by atoms with E-state index in [-0.39, 0.29) is 6.61 Å². The Hall–Kier alpha value is -2.73. The largest absolute Gasteiger partial charge is 0.490 e. The van der Waals surface area contributed by atoms with Crippen LogP contribution in [0.3, 0.4) is 0 Å². The number of hydrazine groups is 1. The Morgan fingerprint density at radius 2 is 1.72 bits per heavy atom. The number of nitrogens with one attached hydrogen (secondary N) is 2. The van der Waals surface area contributed by atoms with Crippen LogP contribution in [0.5, 0.6) is 11.5 Å². The Bertz CT molecular complexity index is 737. The molecule has 0 saturated heterocycles. The highest BCUT2D eigenvalue weighted by molar-refractivity contribution is 6.30. The fourth-order valence-corrected chi connectivity index (χ4v) is 2.10. The number of hydrogen-bond donors (Lipinski definition) is 2. The third-order valence-electron chi connectivity index (χ3n) is 3.07. The summed E-state index contributed by atoms with van der Waals surface area (Å²) >= 11 is 5.82. The summed E-state index contributed by atoms with van der Waals surface area (Å²) < 4.78 is 11.0. The standard InChI is InChI=1S/C18H19ClN2O4/c1-2-10-24-15-8-3-4-9-16(15)25-12-17(22)20-21-18(23)13-6-5-7-14(19)11-13/h3-9,11H,2,10,12H2,1H3,(H,20,22)(H,21,23). The van der Waals surface area contributed by atoms with E-state index >= 15 is 0 Å². The molecule has 0 heterocycles. The molecule has 7 heteroatoms. The lowest BCUT2D eigenvalue weighted by Crippen LogP contribution is -2.43. The molecule has 0 unspecified atom stereocenters. The quantitative estimate of drug-likeness (QED) is 0.742. The summed E-state index contributed by atoms with van der Waals surface area (Å²) in [5, 5.41) is 0.436. The van der Waals surface area contributed by atoms with Crippen molar-refractivity contribution in [1.29, 1.82) is 0 Å². The predicted molar refractivity (Wildman–Crippen MR) is 94.8 cm³/mol. The molecule has 0 saturated carbocycles. The predicted octanol–water partition coefficient (Wildman–Crippen LogP) is 2.97. The van der Waals surface area contributed by atoms with E-state index in [1.54, 1.807) is 36.4 Å². The van der Waals surface area contributed by atoms with E-state index in [0.717, 1.165) is 6.42 Å². The Kier molecular flexibility index (Phi) is 7.10. The van der Waals surface area contributed by atoms with E-state index in [0.29, 0.717) is 28.7 Å². The zero-order chi connectivity index (χ0) is 18.1. The molecule has 132 valence electrons. The first-order valence-corrected chi connectivity index (χ1v) is 8.17. The average molecular weight is 363 g/mol. The second-order valence-corrected chi connectivity index (χ2v) is 5.53. The molecule has 0 radical (unpaired) electrons. The normalized spacial score (nSPS) is 10.0. The van der Waals surface area contributed by atoms with Crippen LogP contribution >= 0.6 is 11.6 Å². The van der Waals surface area contributed by atoms with E-state index < -0.39 is 11.8 Å². The second-order valence-electron chi connectivity index (χ2n) is 5.10. The lowest BCUT2D eigenvalue weighted by atomic mass is 10.2. The number of ether oxygens (including phenoxy) is 2. The van der Waals surface area contributed by atoms with E-state index in [1.165, 1.54) is 6.07 Å². The van der Waals surface area contributed by atoms with Gasteiger partial charge in [0.1, 0.15) is 0 Å². The first-order valence-electron chi connectivity index (χ1n) is 7.79. The summed E-state index contributed by atoms with van der Waals surface area (Å²) in [4.78, 5) is 23.7. The molecule has 0 aliphatic rings. The first-order chi connectivity index (χ1) is 12.1. The van der Waals surface area contributed by atoms with Gasteiger partial charge in [-0.3, -0.25) is 20.4 Å². The van der Waals surface area contributed by atoms with Crippen LogP contribution in [0, 0.1) is 0 Å². The minimum atomic E-state index is -0.499. The molecule has 0 spiro atoms. The van der Waals surface area contributed by atoms with Crippen molar-refractivity contribution in [3.05, 3.63) is 59.1 Å². The maximum Gasteiger partial charge on any atom is 0.276 e. The fraction of sp³-hybridized carbons (Fsp3) is 0.222. The van der Waals surface area contributed by atoms with Gasteiger partial charge in [-0.15, -0.1) is 0 Å². The summed E-state index contributed by atoms with van der Waals surface area (Å²) in [7, 11) is 0. The summed E-state index contributed by atoms with van der Waals surface area (Å²) in [6, 6.07) is 13.5. The molecule has 0 aliphatic carbocycles. The molecule has 2 amide bonds. The highest BCUT2D eigenvalue weighted by Crippen LogP contribution is 2.26. The van der Waals surface area contributed by atoms with Gasteiger partial charge in [-0.05, 0) is 36.8 Å². The van der Waals surface area contributed by atoms with Gasteiger partial charge >= 0.3 is 0 Å². The van der Waals surface area contributed by atoms with Crippen molar-refractivity contribution in [3.8, 4) is 11.5 Å². The van der Waals surface area contributed by atoms with Gasteiger partial charge < -0.3 is 9.47 Å². The molecule has 0 atom stereocenters. The third-order valence-corrected chi connectivity index (χ3v) is 3.31. The topological polar surface area (TPSA) is 76.7 Å². The van der Waals surface area contributed by atoms with Crippen LogP contribution < -0.4 is 20.3 Å². The second kappa shape index (κ2) is 9.54. The molecule has 0 bridgehead atoms. The number of halogens is 1. The van der Waals surface area contributed by atoms with Crippen LogP contribution in [-0.4, -0.2) is 25.0 Å². The average Bonchev–Trinajstić information content (AvgIpc) is 2.63. The summed E-state index contributed by atoms with van der Waals surface area (Å²) in [5.74, 6) is 0.0654. The Labute approximate surface area is 151 Å². The molecule has 2 aromatic rings. The molecular formula is C18H19ClN2O4. The minimum Gasteiger partial charge on any atom is -0.490 e. The number of amides is 2. The number of benzene rings is 2. The Morgan fingerprint density at radius 3 is 2.40 bits per heavy atom. The molecule has 2 N–H and O–H groups in total. The van der Waals surface area contributed by atoms with Crippen molar-refractivity contribution < 1.29 is 19.1 Å². The number of hydrogen-bond acceptors (Lipinski definition) is 4. The van der Waals surface area contributed by atoms with Crippen LogP contribution in [0.1, 0.15) is 23.7 Å². The molecule has 2 rings (SSSR count). The van der Waals surface area contributed by atoms with Crippen molar-refractivity contribution in [2.45, 2.75) is 13.3 Å². The first kappa shape index (κ1) is 18.6. The van der Waals surface area contributed by atoms with Gasteiger partial charge in [0.2, 0.25) is 0 Å². The van der Waals surface area contributed by atoms with Crippen LogP contribution in [-0.2, 0) is 4.79 Å². The smallest absolute Gasteiger partial charge is 0.276 e. The van der Waals surface area contributed by atoms with Crippen molar-refractivity contribution in [1.82, 2.24) is 10.9 Å². The lowest BCUT2D eigenvalue weighted by molar-refractivity contribution is -0.123. The summed E-state index contributed by atoms with van der Waals surface area (Å²) in [6.07, 6.45) is 0.865. The van der Waals surface area contributed by atoms with Gasteiger partial charge in [-0.1, -0.05) is 36.7 Å². The van der Waals surface area contributed by atoms with Crippen LogP contribution in [0.4, 0.5) is 0 Å². The lowest BCUT2D eigenvalue weighted by Gasteiger charge is -2.12. The molecule has 0 fully saturated rings. The highest BCUT2D eigenvalue weighted by atomic mass is 35.5. The van der Waals surface area contributed by atoms with Gasteiger partial charge in [0.25, 0.3) is 11.8 Å². The van der Waals surface area contributed by atoms with Gasteiger partial charge in [0.15, 0.2) is 18.1 Å². The molecule has 0 aliphatic heterocycles. The van der Waals surface area contributed by atoms with Crippen LogP contribution in [0.25, 0.3) is 0 Å². The number of rotatable bonds is 7. The summed E-state index contributed by atoms with van der Waals surface area (Å²) in [5.41, 5.74) is 4.93. The maximum atomic E-state index is 11.9. The van der Waals surface area contributed by atoms with E-state index in [9.17, 15) is 9.59 Å². The maximum absolute atomic E-state index is 11.9. The number of para-hydroxylation sites is 2.